The average molecular weight is 254 g/mol. The van der Waals surface area contributed by atoms with Crippen molar-refractivity contribution in [2.75, 3.05) is 0 Å². The number of nitrogens with zero attached hydrogens (tertiary/aromatic N) is 3. The van der Waals surface area contributed by atoms with E-state index < -0.39 is 0 Å². The summed E-state index contributed by atoms with van der Waals surface area (Å²) in [6, 6.07) is 6.93. The highest BCUT2D eigenvalue weighted by molar-refractivity contribution is 6.30. The van der Waals surface area contributed by atoms with Crippen LogP contribution in [-0.4, -0.2) is 14.6 Å². The molecule has 0 amide bonds. The van der Waals surface area contributed by atoms with Crippen molar-refractivity contribution in [2.24, 2.45) is 0 Å². The van der Waals surface area contributed by atoms with E-state index in [2.05, 4.69) is 10.2 Å². The summed E-state index contributed by atoms with van der Waals surface area (Å²) in [5.41, 5.74) is 0.701. The van der Waals surface area contributed by atoms with Gasteiger partial charge in [-0.15, -0.1) is 10.2 Å². The minimum atomic E-state index is 0.314. The third kappa shape index (κ3) is 1.47. The zero-order chi connectivity index (χ0) is 11.1. The highest BCUT2D eigenvalue weighted by Crippen LogP contribution is 2.24. The van der Waals surface area contributed by atoms with Crippen LogP contribution in [0.1, 0.15) is 0 Å². The van der Waals surface area contributed by atoms with Crippen LogP contribution in [-0.2, 0) is 0 Å². The van der Waals surface area contributed by atoms with Gasteiger partial charge < -0.3 is 4.42 Å². The lowest BCUT2D eigenvalue weighted by atomic mass is 10.4. The molecule has 0 atom stereocenters. The summed E-state index contributed by atoms with van der Waals surface area (Å²) in [6.07, 6.45) is 1.72. The van der Waals surface area contributed by atoms with E-state index in [1.807, 2.05) is 0 Å². The largest absolute Gasteiger partial charge is 0.441 e. The van der Waals surface area contributed by atoms with Crippen molar-refractivity contribution >= 4 is 28.8 Å². The molecule has 0 spiro atoms. The van der Waals surface area contributed by atoms with Crippen molar-refractivity contribution in [3.05, 3.63) is 40.7 Å². The quantitative estimate of drug-likeness (QED) is 0.669. The summed E-state index contributed by atoms with van der Waals surface area (Å²) in [6.45, 7) is 0. The molecule has 3 heterocycles. The van der Waals surface area contributed by atoms with E-state index in [4.69, 9.17) is 27.6 Å². The minimum absolute atomic E-state index is 0.314. The summed E-state index contributed by atoms with van der Waals surface area (Å²) in [5.74, 6) is 1.13. The molecule has 0 bridgehead atoms. The average Bonchev–Trinajstić information content (AvgIpc) is 2.83. The van der Waals surface area contributed by atoms with Crippen molar-refractivity contribution in [1.82, 2.24) is 14.6 Å². The molecule has 3 aromatic heterocycles. The Morgan fingerprint density at radius 2 is 1.94 bits per heavy atom. The van der Waals surface area contributed by atoms with Gasteiger partial charge >= 0.3 is 0 Å². The van der Waals surface area contributed by atoms with Gasteiger partial charge in [-0.3, -0.25) is 4.40 Å². The number of hydrogen-bond donors (Lipinski definition) is 0. The summed E-state index contributed by atoms with van der Waals surface area (Å²) in [5, 5.41) is 8.94. The van der Waals surface area contributed by atoms with E-state index in [-0.39, 0.29) is 0 Å². The van der Waals surface area contributed by atoms with Crippen LogP contribution in [0, 0.1) is 0 Å². The molecule has 0 unspecified atom stereocenters. The smallest absolute Gasteiger partial charge is 0.204 e. The lowest BCUT2D eigenvalue weighted by molar-refractivity contribution is 0.578. The molecule has 16 heavy (non-hydrogen) atoms. The zero-order valence-electron chi connectivity index (χ0n) is 7.89. The van der Waals surface area contributed by atoms with Gasteiger partial charge in [-0.25, -0.2) is 0 Å². The SMILES string of the molecule is Clc1ccc2nnc(-c3ccc(Cl)o3)n2c1. The number of rotatable bonds is 1. The van der Waals surface area contributed by atoms with Crippen LogP contribution in [0.5, 0.6) is 0 Å². The molecule has 0 aliphatic heterocycles. The van der Waals surface area contributed by atoms with Gasteiger partial charge in [-0.2, -0.15) is 0 Å². The molecule has 3 aromatic rings. The third-order valence-corrected chi connectivity index (χ3v) is 2.59. The highest BCUT2D eigenvalue weighted by Gasteiger charge is 2.11. The van der Waals surface area contributed by atoms with E-state index in [1.54, 1.807) is 34.9 Å². The second-order valence-electron chi connectivity index (χ2n) is 3.20. The van der Waals surface area contributed by atoms with Gasteiger partial charge in [0.15, 0.2) is 16.6 Å². The number of aromatic nitrogens is 3. The van der Waals surface area contributed by atoms with Gasteiger partial charge in [0.1, 0.15) is 0 Å². The first-order chi connectivity index (χ1) is 7.74. The van der Waals surface area contributed by atoms with Crippen molar-refractivity contribution in [3.63, 3.8) is 0 Å². The van der Waals surface area contributed by atoms with E-state index in [0.29, 0.717) is 27.5 Å². The van der Waals surface area contributed by atoms with E-state index in [0.717, 1.165) is 0 Å². The fourth-order valence-electron chi connectivity index (χ4n) is 1.47. The fourth-order valence-corrected chi connectivity index (χ4v) is 1.77. The van der Waals surface area contributed by atoms with Crippen molar-refractivity contribution in [1.29, 1.82) is 0 Å². The number of furan rings is 1. The molecule has 0 radical (unpaired) electrons. The topological polar surface area (TPSA) is 43.3 Å². The first-order valence-corrected chi connectivity index (χ1v) is 5.25. The normalized spacial score (nSPS) is 11.1. The zero-order valence-corrected chi connectivity index (χ0v) is 9.40. The van der Waals surface area contributed by atoms with Crippen LogP contribution in [0.25, 0.3) is 17.2 Å². The Morgan fingerprint density at radius 3 is 2.69 bits per heavy atom. The maximum Gasteiger partial charge on any atom is 0.204 e. The van der Waals surface area contributed by atoms with Gasteiger partial charge in [0.05, 0.1) is 5.02 Å². The molecular formula is C10H5Cl2N3O. The van der Waals surface area contributed by atoms with E-state index in [9.17, 15) is 0 Å². The second kappa shape index (κ2) is 3.50. The molecule has 3 rings (SSSR count). The monoisotopic (exact) mass is 253 g/mol. The molecule has 0 fully saturated rings. The molecule has 0 aromatic carbocycles. The molecule has 0 saturated heterocycles. The van der Waals surface area contributed by atoms with Crippen LogP contribution >= 0.6 is 23.2 Å². The maximum atomic E-state index is 5.91. The summed E-state index contributed by atoms with van der Waals surface area (Å²) < 4.78 is 7.02. The number of halogens is 2. The molecular weight excluding hydrogens is 249 g/mol. The van der Waals surface area contributed by atoms with Crippen molar-refractivity contribution < 1.29 is 4.42 Å². The highest BCUT2D eigenvalue weighted by atomic mass is 35.5. The Balaban J connectivity index is 2.27. The molecule has 4 nitrogen and oxygen atoms in total. The van der Waals surface area contributed by atoms with Crippen LogP contribution in [0.4, 0.5) is 0 Å². The predicted molar refractivity (Wildman–Crippen MR) is 60.7 cm³/mol. The Bertz CT molecular complexity index is 659. The van der Waals surface area contributed by atoms with Gasteiger partial charge in [0, 0.05) is 6.20 Å². The Hall–Kier alpha value is -1.52. The number of fused-ring (bicyclic) bond motifs is 1. The van der Waals surface area contributed by atoms with Gasteiger partial charge in [-0.05, 0) is 35.9 Å². The molecule has 0 N–H and O–H groups in total. The van der Waals surface area contributed by atoms with Crippen LogP contribution in [0.2, 0.25) is 10.2 Å². The number of hydrogen-bond acceptors (Lipinski definition) is 3. The molecule has 80 valence electrons. The van der Waals surface area contributed by atoms with Crippen LogP contribution < -0.4 is 0 Å². The molecule has 6 heteroatoms. The van der Waals surface area contributed by atoms with Crippen molar-refractivity contribution in [2.45, 2.75) is 0 Å². The van der Waals surface area contributed by atoms with Crippen LogP contribution in [0.15, 0.2) is 34.9 Å². The minimum Gasteiger partial charge on any atom is -0.441 e. The summed E-state index contributed by atoms with van der Waals surface area (Å²) in [7, 11) is 0. The maximum absolute atomic E-state index is 5.91. The Labute approximate surface area is 100 Å². The lowest BCUT2D eigenvalue weighted by Gasteiger charge is -1.96. The van der Waals surface area contributed by atoms with E-state index in [1.165, 1.54) is 0 Å². The van der Waals surface area contributed by atoms with Gasteiger partial charge in [0.25, 0.3) is 0 Å². The summed E-state index contributed by atoms with van der Waals surface area (Å²) in [4.78, 5) is 0. The molecule has 0 aliphatic rings. The predicted octanol–water partition coefficient (Wildman–Crippen LogP) is 3.30. The van der Waals surface area contributed by atoms with E-state index >= 15 is 0 Å². The first-order valence-electron chi connectivity index (χ1n) is 4.50. The van der Waals surface area contributed by atoms with Crippen molar-refractivity contribution in [3.8, 4) is 11.6 Å². The van der Waals surface area contributed by atoms with Gasteiger partial charge in [0.2, 0.25) is 5.82 Å². The van der Waals surface area contributed by atoms with Gasteiger partial charge in [-0.1, -0.05) is 11.6 Å². The third-order valence-electron chi connectivity index (χ3n) is 2.16. The fraction of sp³-hybridized carbons (Fsp3) is 0. The molecule has 0 aliphatic carbocycles. The number of pyridine rings is 1. The molecule has 0 saturated carbocycles. The first kappa shape index (κ1) is 9.69. The Morgan fingerprint density at radius 1 is 1.06 bits per heavy atom. The lowest BCUT2D eigenvalue weighted by Crippen LogP contribution is -1.87. The summed E-state index contributed by atoms with van der Waals surface area (Å²) >= 11 is 11.6. The Kier molecular flexibility index (Phi) is 2.12. The standard InChI is InChI=1S/C10H5Cl2N3O/c11-6-1-4-9-13-14-10(15(9)5-6)7-2-3-8(12)16-7/h1-5H. The van der Waals surface area contributed by atoms with Crippen LogP contribution in [0.3, 0.4) is 0 Å². The second-order valence-corrected chi connectivity index (χ2v) is 4.01.